The van der Waals surface area contributed by atoms with Gasteiger partial charge in [0, 0.05) is 35.4 Å². The topological polar surface area (TPSA) is 95.6 Å². The molecule has 1 saturated heterocycles. The minimum atomic E-state index is -3.53. The predicted molar refractivity (Wildman–Crippen MR) is 126 cm³/mol. The van der Waals surface area contributed by atoms with E-state index in [-0.39, 0.29) is 16.7 Å². The Hall–Kier alpha value is -2.71. The first-order valence-electron chi connectivity index (χ1n) is 10.8. The number of benzene rings is 2. The first kappa shape index (κ1) is 23.9. The van der Waals surface area contributed by atoms with E-state index in [2.05, 4.69) is 17.6 Å². The third kappa shape index (κ3) is 5.75. The molecule has 0 aliphatic carbocycles. The highest BCUT2D eigenvalue weighted by Crippen LogP contribution is 2.25. The first-order chi connectivity index (χ1) is 15.0. The van der Waals surface area contributed by atoms with Crippen LogP contribution in [0.3, 0.4) is 0 Å². The molecule has 2 amide bonds. The molecule has 1 aliphatic rings. The van der Waals surface area contributed by atoms with Crippen LogP contribution >= 0.6 is 0 Å². The van der Waals surface area contributed by atoms with Gasteiger partial charge in [-0.3, -0.25) is 9.59 Å². The number of carbonyl (C=O) groups excluding carboxylic acids is 2. The van der Waals surface area contributed by atoms with Gasteiger partial charge in [0.1, 0.15) is 0 Å². The van der Waals surface area contributed by atoms with Gasteiger partial charge < -0.3 is 10.6 Å². The summed E-state index contributed by atoms with van der Waals surface area (Å²) in [6, 6.07) is 12.9. The van der Waals surface area contributed by atoms with E-state index >= 15 is 0 Å². The number of carbonyl (C=O) groups is 2. The van der Waals surface area contributed by atoms with Crippen LogP contribution < -0.4 is 10.6 Å². The molecule has 2 N–H and O–H groups in total. The van der Waals surface area contributed by atoms with Gasteiger partial charge in [0.2, 0.25) is 15.9 Å². The second-order valence-electron chi connectivity index (χ2n) is 9.35. The molecule has 172 valence electrons. The van der Waals surface area contributed by atoms with Crippen LogP contribution in [0.1, 0.15) is 50.9 Å². The zero-order valence-electron chi connectivity index (χ0n) is 19.0. The number of hydrogen-bond donors (Lipinski definition) is 2. The largest absolute Gasteiger partial charge is 0.326 e. The van der Waals surface area contributed by atoms with Crippen molar-refractivity contribution in [1.29, 1.82) is 0 Å². The van der Waals surface area contributed by atoms with Crippen molar-refractivity contribution in [3.8, 4) is 0 Å². The summed E-state index contributed by atoms with van der Waals surface area (Å²) in [6.45, 7) is 8.64. The number of piperidine rings is 1. The lowest BCUT2D eigenvalue weighted by atomic mass is 9.95. The van der Waals surface area contributed by atoms with Crippen molar-refractivity contribution in [3.63, 3.8) is 0 Å². The predicted octanol–water partition coefficient (Wildman–Crippen LogP) is 4.34. The highest BCUT2D eigenvalue weighted by Gasteiger charge is 2.28. The average molecular weight is 458 g/mol. The summed E-state index contributed by atoms with van der Waals surface area (Å²) in [4.78, 5) is 25.1. The van der Waals surface area contributed by atoms with Gasteiger partial charge in [-0.1, -0.05) is 33.8 Å². The fourth-order valence-electron chi connectivity index (χ4n) is 3.34. The van der Waals surface area contributed by atoms with E-state index < -0.39 is 15.4 Å². The zero-order chi connectivity index (χ0) is 23.5. The van der Waals surface area contributed by atoms with Crippen molar-refractivity contribution in [2.24, 2.45) is 11.3 Å². The highest BCUT2D eigenvalue weighted by molar-refractivity contribution is 7.89. The third-order valence-electron chi connectivity index (χ3n) is 5.56. The molecule has 0 saturated carbocycles. The smallest absolute Gasteiger partial charge is 0.255 e. The van der Waals surface area contributed by atoms with Crippen molar-refractivity contribution in [2.45, 2.75) is 45.4 Å². The van der Waals surface area contributed by atoms with Crippen molar-refractivity contribution in [2.75, 3.05) is 23.7 Å². The molecule has 2 aromatic rings. The van der Waals surface area contributed by atoms with Crippen LogP contribution in [0.5, 0.6) is 0 Å². The van der Waals surface area contributed by atoms with E-state index in [1.54, 1.807) is 36.4 Å². The summed E-state index contributed by atoms with van der Waals surface area (Å²) in [5, 5.41) is 5.58. The zero-order valence-corrected chi connectivity index (χ0v) is 19.8. The fourth-order valence-corrected chi connectivity index (χ4v) is 4.81. The molecular weight excluding hydrogens is 426 g/mol. The van der Waals surface area contributed by atoms with Gasteiger partial charge in [-0.2, -0.15) is 4.31 Å². The summed E-state index contributed by atoms with van der Waals surface area (Å²) in [5.74, 6) is 0.0480. The molecule has 7 nitrogen and oxygen atoms in total. The minimum absolute atomic E-state index is 0.144. The number of nitrogens with one attached hydrogen (secondary N) is 2. The molecule has 1 fully saturated rings. The maximum Gasteiger partial charge on any atom is 0.255 e. The number of anilines is 2. The molecule has 0 atom stereocenters. The molecule has 2 aromatic carbocycles. The van der Waals surface area contributed by atoms with E-state index in [0.29, 0.717) is 35.9 Å². The molecule has 0 unspecified atom stereocenters. The van der Waals surface area contributed by atoms with Crippen LogP contribution in [-0.4, -0.2) is 37.6 Å². The Morgan fingerprint density at radius 3 is 2.16 bits per heavy atom. The van der Waals surface area contributed by atoms with E-state index in [4.69, 9.17) is 0 Å². The van der Waals surface area contributed by atoms with E-state index in [1.807, 2.05) is 20.8 Å². The summed E-state index contributed by atoms with van der Waals surface area (Å²) in [7, 11) is -3.53. The van der Waals surface area contributed by atoms with Crippen LogP contribution in [0.25, 0.3) is 0 Å². The van der Waals surface area contributed by atoms with Gasteiger partial charge in [-0.05, 0) is 61.2 Å². The van der Waals surface area contributed by atoms with Crippen LogP contribution in [0.2, 0.25) is 0 Å². The van der Waals surface area contributed by atoms with Crippen LogP contribution in [0.15, 0.2) is 53.4 Å². The monoisotopic (exact) mass is 457 g/mol. The summed E-state index contributed by atoms with van der Waals surface area (Å²) >= 11 is 0. The van der Waals surface area contributed by atoms with Gasteiger partial charge in [0.15, 0.2) is 0 Å². The van der Waals surface area contributed by atoms with Crippen LogP contribution in [-0.2, 0) is 14.8 Å². The lowest BCUT2D eigenvalue weighted by Gasteiger charge is -2.29. The first-order valence-corrected chi connectivity index (χ1v) is 12.2. The Balaban J connectivity index is 1.67. The van der Waals surface area contributed by atoms with Crippen LogP contribution in [0, 0.1) is 11.3 Å². The van der Waals surface area contributed by atoms with Gasteiger partial charge in [-0.25, -0.2) is 8.42 Å². The van der Waals surface area contributed by atoms with E-state index in [0.717, 1.165) is 12.8 Å². The lowest BCUT2D eigenvalue weighted by molar-refractivity contribution is -0.123. The SMILES string of the molecule is CC1CCN(S(=O)(=O)c2ccc(NC(=O)c3cccc(NC(=O)C(C)(C)C)c3)cc2)CC1. The maximum atomic E-state index is 12.8. The summed E-state index contributed by atoms with van der Waals surface area (Å²) in [5.41, 5.74) is 0.864. The Morgan fingerprint density at radius 2 is 1.56 bits per heavy atom. The highest BCUT2D eigenvalue weighted by atomic mass is 32.2. The lowest BCUT2D eigenvalue weighted by Crippen LogP contribution is -2.37. The number of rotatable bonds is 5. The number of sulfonamides is 1. The molecule has 0 radical (unpaired) electrons. The second kappa shape index (κ2) is 9.42. The molecule has 1 aliphatic heterocycles. The molecule has 3 rings (SSSR count). The number of hydrogen-bond acceptors (Lipinski definition) is 4. The number of amides is 2. The van der Waals surface area contributed by atoms with Gasteiger partial charge in [0.05, 0.1) is 4.90 Å². The third-order valence-corrected chi connectivity index (χ3v) is 7.47. The second-order valence-corrected chi connectivity index (χ2v) is 11.3. The maximum absolute atomic E-state index is 12.8. The fraction of sp³-hybridized carbons (Fsp3) is 0.417. The Bertz CT molecular complexity index is 1080. The van der Waals surface area contributed by atoms with Crippen LogP contribution in [0.4, 0.5) is 11.4 Å². The van der Waals surface area contributed by atoms with Crippen molar-refractivity contribution < 1.29 is 18.0 Å². The Labute approximate surface area is 190 Å². The normalized spacial score (nSPS) is 15.9. The average Bonchev–Trinajstić information content (AvgIpc) is 2.74. The Kier molecular flexibility index (Phi) is 7.05. The Morgan fingerprint density at radius 1 is 0.938 bits per heavy atom. The molecular formula is C24H31N3O4S. The quantitative estimate of drug-likeness (QED) is 0.698. The van der Waals surface area contributed by atoms with Crippen molar-refractivity contribution in [1.82, 2.24) is 4.31 Å². The van der Waals surface area contributed by atoms with Crippen molar-refractivity contribution in [3.05, 3.63) is 54.1 Å². The number of nitrogens with zero attached hydrogens (tertiary/aromatic N) is 1. The van der Waals surface area contributed by atoms with Gasteiger partial charge in [0.25, 0.3) is 5.91 Å². The molecule has 1 heterocycles. The standard InChI is InChI=1S/C24H31N3O4S/c1-17-12-14-27(15-13-17)32(30,31)21-10-8-19(9-11-21)25-22(28)18-6-5-7-20(16-18)26-23(29)24(2,3)4/h5-11,16-17H,12-15H2,1-4H3,(H,25,28)(H,26,29). The van der Waals surface area contributed by atoms with Crippen molar-refractivity contribution >= 4 is 33.2 Å². The summed E-state index contributed by atoms with van der Waals surface area (Å²) in [6.07, 6.45) is 1.73. The van der Waals surface area contributed by atoms with Gasteiger partial charge >= 0.3 is 0 Å². The molecule has 8 heteroatoms. The van der Waals surface area contributed by atoms with Gasteiger partial charge in [-0.15, -0.1) is 0 Å². The van der Waals surface area contributed by atoms with E-state index in [9.17, 15) is 18.0 Å². The molecule has 0 spiro atoms. The minimum Gasteiger partial charge on any atom is -0.326 e. The van der Waals surface area contributed by atoms with E-state index in [1.165, 1.54) is 16.4 Å². The molecule has 32 heavy (non-hydrogen) atoms. The molecule has 0 aromatic heterocycles. The summed E-state index contributed by atoms with van der Waals surface area (Å²) < 4.78 is 27.2. The molecule has 0 bridgehead atoms.